The zero-order valence-corrected chi connectivity index (χ0v) is 22.4. The van der Waals surface area contributed by atoms with Gasteiger partial charge in [-0.1, -0.05) is 72.3 Å². The predicted molar refractivity (Wildman–Crippen MR) is 157 cm³/mol. The Labute approximate surface area is 229 Å². The van der Waals surface area contributed by atoms with Gasteiger partial charge in [0.25, 0.3) is 5.91 Å². The Bertz CT molecular complexity index is 1460. The van der Waals surface area contributed by atoms with Gasteiger partial charge in [-0.3, -0.25) is 9.59 Å². The molecule has 6 heteroatoms. The van der Waals surface area contributed by atoms with Gasteiger partial charge in [-0.05, 0) is 61.1 Å². The van der Waals surface area contributed by atoms with Crippen LogP contribution in [0.5, 0.6) is 5.75 Å². The lowest BCUT2D eigenvalue weighted by Gasteiger charge is -2.30. The molecule has 0 saturated carbocycles. The molecule has 200 valence electrons. The van der Waals surface area contributed by atoms with Crippen molar-refractivity contribution in [3.05, 3.63) is 118 Å². The minimum atomic E-state index is -0.344. The number of H-pyrrole nitrogens is 1. The number of pyridine rings is 1. The molecule has 5 rings (SSSR count). The van der Waals surface area contributed by atoms with E-state index in [9.17, 15) is 9.59 Å². The maximum Gasteiger partial charge on any atom is 0.256 e. The summed E-state index contributed by atoms with van der Waals surface area (Å²) in [6, 6.07) is 26.6. The highest BCUT2D eigenvalue weighted by Gasteiger charge is 2.19. The lowest BCUT2D eigenvalue weighted by Crippen LogP contribution is -2.33. The van der Waals surface area contributed by atoms with E-state index in [0.29, 0.717) is 23.2 Å². The lowest BCUT2D eigenvalue weighted by molar-refractivity contribution is 0.0951. The van der Waals surface area contributed by atoms with Gasteiger partial charge in [0.05, 0.1) is 18.0 Å². The fraction of sp³-hybridized carbons (Fsp3) is 0.273. The van der Waals surface area contributed by atoms with Gasteiger partial charge >= 0.3 is 0 Å². The number of aromatic nitrogens is 1. The number of unbranched alkanes of at least 4 members (excludes halogenated alkanes) is 1. The normalized spacial score (nSPS) is 13.8. The summed E-state index contributed by atoms with van der Waals surface area (Å²) >= 11 is 0. The number of rotatable bonds is 9. The molecular formula is C33H35N3O3. The van der Waals surface area contributed by atoms with Gasteiger partial charge in [0.2, 0.25) is 5.43 Å². The first-order valence-corrected chi connectivity index (χ1v) is 13.7. The molecule has 4 aromatic rings. The van der Waals surface area contributed by atoms with Crippen molar-refractivity contribution in [1.82, 2.24) is 15.2 Å². The molecule has 1 amide bonds. The molecule has 3 aromatic carbocycles. The fourth-order valence-electron chi connectivity index (χ4n) is 5.40. The molecule has 1 fully saturated rings. The Morgan fingerprint density at radius 1 is 0.897 bits per heavy atom. The number of para-hydroxylation sites is 1. The average molecular weight is 522 g/mol. The molecule has 2 N–H and O–H groups in total. The van der Waals surface area contributed by atoms with Crippen molar-refractivity contribution in [3.8, 4) is 5.75 Å². The summed E-state index contributed by atoms with van der Waals surface area (Å²) in [5.74, 6) is 0.233. The fourth-order valence-corrected chi connectivity index (χ4v) is 5.40. The van der Waals surface area contributed by atoms with Gasteiger partial charge in [-0.25, -0.2) is 0 Å². The van der Waals surface area contributed by atoms with Crippen molar-refractivity contribution in [2.24, 2.45) is 0 Å². The quantitative estimate of drug-likeness (QED) is 0.279. The summed E-state index contributed by atoms with van der Waals surface area (Å²) in [4.78, 5) is 31.1. The molecule has 0 atom stereocenters. The molecule has 1 aromatic heterocycles. The highest BCUT2D eigenvalue weighted by molar-refractivity contribution is 5.98. The SMILES string of the molecule is COc1cccc2c(=O)c(C(=O)NCCCCN3CCC(=C(c4ccccc4)c4ccccc4)CC3)c[nH]c12. The summed E-state index contributed by atoms with van der Waals surface area (Å²) in [6.45, 7) is 3.63. The highest BCUT2D eigenvalue weighted by atomic mass is 16.5. The second-order valence-electron chi connectivity index (χ2n) is 9.93. The van der Waals surface area contributed by atoms with Gasteiger partial charge in [0, 0.05) is 25.8 Å². The van der Waals surface area contributed by atoms with Gasteiger partial charge in [-0.15, -0.1) is 0 Å². The maximum absolute atomic E-state index is 12.8. The van der Waals surface area contributed by atoms with Gasteiger partial charge in [-0.2, -0.15) is 0 Å². The molecule has 0 bridgehead atoms. The van der Waals surface area contributed by atoms with Crippen LogP contribution in [0.25, 0.3) is 16.5 Å². The van der Waals surface area contributed by atoms with E-state index in [1.165, 1.54) is 28.5 Å². The van der Waals surface area contributed by atoms with E-state index in [2.05, 4.69) is 75.9 Å². The smallest absolute Gasteiger partial charge is 0.256 e. The van der Waals surface area contributed by atoms with E-state index in [1.807, 2.05) is 0 Å². The van der Waals surface area contributed by atoms with Crippen molar-refractivity contribution in [2.75, 3.05) is 33.3 Å². The molecule has 1 saturated heterocycles. The third-order valence-electron chi connectivity index (χ3n) is 7.47. The van der Waals surface area contributed by atoms with Crippen LogP contribution in [0.4, 0.5) is 0 Å². The van der Waals surface area contributed by atoms with E-state index < -0.39 is 0 Å². The largest absolute Gasteiger partial charge is 0.495 e. The van der Waals surface area contributed by atoms with Crippen molar-refractivity contribution < 1.29 is 9.53 Å². The van der Waals surface area contributed by atoms with Gasteiger partial charge in [0.1, 0.15) is 11.3 Å². The van der Waals surface area contributed by atoms with Crippen LogP contribution in [0.1, 0.15) is 47.2 Å². The molecule has 0 radical (unpaired) electrons. The van der Waals surface area contributed by atoms with Crippen LogP contribution in [0.3, 0.4) is 0 Å². The predicted octanol–water partition coefficient (Wildman–Crippen LogP) is 5.64. The second kappa shape index (κ2) is 12.6. The number of benzene rings is 3. The van der Waals surface area contributed by atoms with Crippen LogP contribution >= 0.6 is 0 Å². The molecule has 1 aliphatic heterocycles. The lowest BCUT2D eigenvalue weighted by atomic mass is 9.88. The van der Waals surface area contributed by atoms with E-state index >= 15 is 0 Å². The number of likely N-dealkylation sites (tertiary alicyclic amines) is 1. The molecule has 0 unspecified atom stereocenters. The van der Waals surface area contributed by atoms with Crippen LogP contribution < -0.4 is 15.5 Å². The van der Waals surface area contributed by atoms with Crippen molar-refractivity contribution in [2.45, 2.75) is 25.7 Å². The van der Waals surface area contributed by atoms with Crippen LogP contribution in [-0.4, -0.2) is 49.1 Å². The third-order valence-corrected chi connectivity index (χ3v) is 7.47. The van der Waals surface area contributed by atoms with E-state index in [0.717, 1.165) is 45.3 Å². The van der Waals surface area contributed by atoms with Crippen molar-refractivity contribution in [3.63, 3.8) is 0 Å². The Hall–Kier alpha value is -4.16. The number of carbonyl (C=O) groups excluding carboxylic acids is 1. The standard InChI is InChI=1S/C33H35N3O3/c1-39-29-16-10-15-27-31(29)35-23-28(32(27)37)33(38)34-19-8-9-20-36-21-17-26(18-22-36)30(24-11-4-2-5-12-24)25-13-6-3-7-14-25/h2-7,10-16,23H,8-9,17-22H2,1H3,(H,34,38)(H,35,37). The van der Waals surface area contributed by atoms with Crippen LogP contribution in [-0.2, 0) is 0 Å². The number of fused-ring (bicyclic) bond motifs is 1. The van der Waals surface area contributed by atoms with Crippen molar-refractivity contribution >= 4 is 22.4 Å². The first kappa shape index (κ1) is 26.4. The Balaban J connectivity index is 1.12. The number of nitrogens with one attached hydrogen (secondary N) is 2. The van der Waals surface area contributed by atoms with E-state index in [4.69, 9.17) is 4.74 Å². The Morgan fingerprint density at radius 2 is 1.56 bits per heavy atom. The van der Waals surface area contributed by atoms with Gasteiger partial charge < -0.3 is 19.9 Å². The number of carbonyl (C=O) groups is 1. The number of hydrogen-bond donors (Lipinski definition) is 2. The zero-order valence-electron chi connectivity index (χ0n) is 22.4. The molecular weight excluding hydrogens is 486 g/mol. The molecule has 1 aliphatic rings. The average Bonchev–Trinajstić information content (AvgIpc) is 2.99. The summed E-state index contributed by atoms with van der Waals surface area (Å²) in [5.41, 5.74) is 5.90. The minimum absolute atomic E-state index is 0.124. The number of aromatic amines is 1. The number of nitrogens with zero attached hydrogens (tertiary/aromatic N) is 1. The molecule has 6 nitrogen and oxygen atoms in total. The van der Waals surface area contributed by atoms with Crippen LogP contribution in [0.2, 0.25) is 0 Å². The number of piperidine rings is 1. The molecule has 2 heterocycles. The summed E-state index contributed by atoms with van der Waals surface area (Å²) < 4.78 is 5.31. The first-order valence-electron chi connectivity index (χ1n) is 13.7. The number of ether oxygens (including phenoxy) is 1. The van der Waals surface area contributed by atoms with Crippen LogP contribution in [0.15, 0.2) is 95.4 Å². The maximum atomic E-state index is 12.8. The Morgan fingerprint density at radius 3 is 2.21 bits per heavy atom. The topological polar surface area (TPSA) is 74.4 Å². The molecule has 0 aliphatic carbocycles. The van der Waals surface area contributed by atoms with E-state index in [-0.39, 0.29) is 16.9 Å². The summed E-state index contributed by atoms with van der Waals surface area (Å²) in [5, 5.41) is 3.36. The van der Waals surface area contributed by atoms with Gasteiger partial charge in [0.15, 0.2) is 0 Å². The summed E-state index contributed by atoms with van der Waals surface area (Å²) in [6.07, 6.45) is 5.45. The Kier molecular flexibility index (Phi) is 8.54. The minimum Gasteiger partial charge on any atom is -0.495 e. The number of amides is 1. The van der Waals surface area contributed by atoms with E-state index in [1.54, 1.807) is 25.3 Å². The summed E-state index contributed by atoms with van der Waals surface area (Å²) in [7, 11) is 1.56. The first-order chi connectivity index (χ1) is 19.2. The second-order valence-corrected chi connectivity index (χ2v) is 9.93. The highest BCUT2D eigenvalue weighted by Crippen LogP contribution is 2.32. The number of hydrogen-bond acceptors (Lipinski definition) is 4. The molecule has 39 heavy (non-hydrogen) atoms. The third kappa shape index (κ3) is 6.13. The monoisotopic (exact) mass is 521 g/mol. The van der Waals surface area contributed by atoms with Crippen molar-refractivity contribution in [1.29, 1.82) is 0 Å². The van der Waals surface area contributed by atoms with Crippen LogP contribution in [0, 0.1) is 0 Å². The molecule has 0 spiro atoms. The number of methoxy groups -OCH3 is 1. The zero-order chi connectivity index (χ0) is 27.0.